The summed E-state index contributed by atoms with van der Waals surface area (Å²) in [6, 6.07) is 12.1. The first-order valence-corrected chi connectivity index (χ1v) is 9.28. The minimum atomic E-state index is 0.0128. The van der Waals surface area contributed by atoms with Crippen molar-refractivity contribution >= 4 is 17.2 Å². The zero-order valence-corrected chi connectivity index (χ0v) is 14.8. The fraction of sp³-hybridized carbons (Fsp3) is 0.316. The topological polar surface area (TPSA) is 59.2 Å². The van der Waals surface area contributed by atoms with Crippen LogP contribution in [0.25, 0.3) is 11.5 Å². The molecule has 1 aromatic carbocycles. The minimum Gasteiger partial charge on any atom is -0.342 e. The third kappa shape index (κ3) is 3.49. The van der Waals surface area contributed by atoms with Gasteiger partial charge in [0.2, 0.25) is 5.91 Å². The van der Waals surface area contributed by atoms with Crippen LogP contribution in [0.1, 0.15) is 28.6 Å². The number of likely N-dealkylation sites (tertiary alicyclic amines) is 1. The van der Waals surface area contributed by atoms with E-state index in [4.69, 9.17) is 4.52 Å². The molecule has 1 saturated heterocycles. The predicted octanol–water partition coefficient (Wildman–Crippen LogP) is 3.67. The number of hydrogen-bond donors (Lipinski definition) is 0. The van der Waals surface area contributed by atoms with Crippen molar-refractivity contribution in [2.75, 3.05) is 13.1 Å². The molecule has 128 valence electrons. The summed E-state index contributed by atoms with van der Waals surface area (Å²) < 4.78 is 5.40. The lowest BCUT2D eigenvalue weighted by atomic mass is 10.1. The van der Waals surface area contributed by atoms with E-state index in [9.17, 15) is 4.79 Å². The fourth-order valence-electron chi connectivity index (χ4n) is 3.08. The molecule has 5 nitrogen and oxygen atoms in total. The van der Waals surface area contributed by atoms with E-state index >= 15 is 0 Å². The van der Waals surface area contributed by atoms with Crippen LogP contribution in [0.4, 0.5) is 0 Å². The number of carbonyl (C=O) groups is 1. The van der Waals surface area contributed by atoms with Gasteiger partial charge in [0.1, 0.15) is 0 Å². The third-order valence-electron chi connectivity index (χ3n) is 4.53. The van der Waals surface area contributed by atoms with Crippen molar-refractivity contribution in [2.24, 2.45) is 0 Å². The number of aryl methyl sites for hydroxylation is 1. The standard InChI is InChI=1S/C19H19N3O2S/c1-13-4-6-14(7-5-13)19-20-18(21-24-19)15-11-17(23)22(12-15)9-8-16-3-2-10-25-16/h2-7,10,15H,8-9,11-12H2,1H3. The Morgan fingerprint density at radius 3 is 2.88 bits per heavy atom. The van der Waals surface area contributed by atoms with Gasteiger partial charge in [-0.25, -0.2) is 0 Å². The Kier molecular flexibility index (Phi) is 4.36. The largest absolute Gasteiger partial charge is 0.342 e. The molecular weight excluding hydrogens is 334 g/mol. The Labute approximate surface area is 150 Å². The highest BCUT2D eigenvalue weighted by atomic mass is 32.1. The maximum absolute atomic E-state index is 12.3. The van der Waals surface area contributed by atoms with Gasteiger partial charge in [-0.05, 0) is 36.9 Å². The first-order valence-electron chi connectivity index (χ1n) is 8.40. The first-order chi connectivity index (χ1) is 12.2. The predicted molar refractivity (Wildman–Crippen MR) is 96.4 cm³/mol. The van der Waals surface area contributed by atoms with Gasteiger partial charge in [-0.2, -0.15) is 4.98 Å². The van der Waals surface area contributed by atoms with Crippen LogP contribution in [0, 0.1) is 6.92 Å². The highest BCUT2D eigenvalue weighted by Crippen LogP contribution is 2.28. The molecule has 0 aliphatic carbocycles. The lowest BCUT2D eigenvalue weighted by Gasteiger charge is -2.15. The van der Waals surface area contributed by atoms with Crippen molar-refractivity contribution in [3.05, 3.63) is 58.0 Å². The summed E-state index contributed by atoms with van der Waals surface area (Å²) in [7, 11) is 0. The highest BCUT2D eigenvalue weighted by molar-refractivity contribution is 7.09. The van der Waals surface area contributed by atoms with E-state index in [0.29, 0.717) is 24.7 Å². The van der Waals surface area contributed by atoms with Crippen LogP contribution in [-0.4, -0.2) is 34.0 Å². The molecule has 25 heavy (non-hydrogen) atoms. The molecule has 3 aromatic rings. The maximum atomic E-state index is 12.3. The van der Waals surface area contributed by atoms with Crippen LogP contribution in [-0.2, 0) is 11.2 Å². The molecule has 1 aliphatic rings. The summed E-state index contributed by atoms with van der Waals surface area (Å²) >= 11 is 1.73. The van der Waals surface area contributed by atoms with Gasteiger partial charge < -0.3 is 9.42 Å². The van der Waals surface area contributed by atoms with E-state index in [1.165, 1.54) is 10.4 Å². The molecule has 0 saturated carbocycles. The fourth-order valence-corrected chi connectivity index (χ4v) is 3.77. The zero-order valence-electron chi connectivity index (χ0n) is 14.0. The van der Waals surface area contributed by atoms with Crippen molar-refractivity contribution in [1.29, 1.82) is 0 Å². The number of amides is 1. The summed E-state index contributed by atoms with van der Waals surface area (Å²) in [6.45, 7) is 3.45. The zero-order chi connectivity index (χ0) is 17.2. The van der Waals surface area contributed by atoms with Crippen molar-refractivity contribution in [1.82, 2.24) is 15.0 Å². The van der Waals surface area contributed by atoms with Gasteiger partial charge in [-0.15, -0.1) is 11.3 Å². The van der Waals surface area contributed by atoms with Crippen molar-refractivity contribution in [2.45, 2.75) is 25.7 Å². The number of carbonyl (C=O) groups excluding carboxylic acids is 1. The molecule has 6 heteroatoms. The summed E-state index contributed by atoms with van der Waals surface area (Å²) in [6.07, 6.45) is 1.36. The van der Waals surface area contributed by atoms with Gasteiger partial charge in [0.15, 0.2) is 5.82 Å². The van der Waals surface area contributed by atoms with Crippen LogP contribution in [0.15, 0.2) is 46.3 Å². The van der Waals surface area contributed by atoms with Crippen LogP contribution in [0.2, 0.25) is 0 Å². The molecule has 0 N–H and O–H groups in total. The van der Waals surface area contributed by atoms with Crippen LogP contribution in [0.3, 0.4) is 0 Å². The van der Waals surface area contributed by atoms with Crippen LogP contribution in [0.5, 0.6) is 0 Å². The lowest BCUT2D eigenvalue weighted by molar-refractivity contribution is -0.127. The molecule has 1 unspecified atom stereocenters. The van der Waals surface area contributed by atoms with Gasteiger partial charge >= 0.3 is 0 Å². The summed E-state index contributed by atoms with van der Waals surface area (Å²) in [4.78, 5) is 20.0. The van der Waals surface area contributed by atoms with E-state index < -0.39 is 0 Å². The second-order valence-corrected chi connectivity index (χ2v) is 7.43. The number of nitrogens with zero attached hydrogens (tertiary/aromatic N) is 3. The van der Waals surface area contributed by atoms with E-state index in [1.807, 2.05) is 42.2 Å². The van der Waals surface area contributed by atoms with E-state index in [0.717, 1.165) is 18.5 Å². The molecular formula is C19H19N3O2S. The number of benzene rings is 1. The lowest BCUT2D eigenvalue weighted by Crippen LogP contribution is -2.27. The smallest absolute Gasteiger partial charge is 0.257 e. The molecule has 2 aromatic heterocycles. The Bertz CT molecular complexity index is 855. The summed E-state index contributed by atoms with van der Waals surface area (Å²) in [5, 5.41) is 6.18. The van der Waals surface area contributed by atoms with E-state index in [2.05, 4.69) is 21.6 Å². The molecule has 1 amide bonds. The van der Waals surface area contributed by atoms with Crippen LogP contribution >= 0.6 is 11.3 Å². The molecule has 0 bridgehead atoms. The molecule has 1 fully saturated rings. The number of rotatable bonds is 5. The van der Waals surface area contributed by atoms with Crippen molar-refractivity contribution in [3.63, 3.8) is 0 Å². The van der Waals surface area contributed by atoms with E-state index in [1.54, 1.807) is 11.3 Å². The molecule has 0 radical (unpaired) electrons. The van der Waals surface area contributed by atoms with Gasteiger partial charge in [0.25, 0.3) is 5.89 Å². The van der Waals surface area contributed by atoms with Crippen LogP contribution < -0.4 is 0 Å². The molecule has 1 atom stereocenters. The summed E-state index contributed by atoms with van der Waals surface area (Å²) in [5.74, 6) is 1.32. The maximum Gasteiger partial charge on any atom is 0.257 e. The second kappa shape index (κ2) is 6.80. The van der Waals surface area contributed by atoms with Crippen molar-refractivity contribution < 1.29 is 9.32 Å². The molecule has 3 heterocycles. The second-order valence-electron chi connectivity index (χ2n) is 6.39. The van der Waals surface area contributed by atoms with E-state index in [-0.39, 0.29) is 11.8 Å². The monoisotopic (exact) mass is 353 g/mol. The van der Waals surface area contributed by atoms with Crippen molar-refractivity contribution in [3.8, 4) is 11.5 Å². The summed E-state index contributed by atoms with van der Waals surface area (Å²) in [5.41, 5.74) is 2.09. The van der Waals surface area contributed by atoms with Gasteiger partial charge in [0, 0.05) is 35.9 Å². The third-order valence-corrected chi connectivity index (χ3v) is 5.46. The molecule has 4 rings (SSSR count). The SMILES string of the molecule is Cc1ccc(-c2nc(C3CC(=O)N(CCc4cccs4)C3)no2)cc1. The Hall–Kier alpha value is -2.47. The number of thiophene rings is 1. The average molecular weight is 353 g/mol. The number of hydrogen-bond acceptors (Lipinski definition) is 5. The Balaban J connectivity index is 1.42. The normalized spacial score (nSPS) is 17.4. The van der Waals surface area contributed by atoms with Gasteiger partial charge in [-0.1, -0.05) is 28.9 Å². The average Bonchev–Trinajstić information content (AvgIpc) is 3.34. The minimum absolute atomic E-state index is 0.0128. The van der Waals surface area contributed by atoms with Gasteiger partial charge in [-0.3, -0.25) is 4.79 Å². The molecule has 0 spiro atoms. The Morgan fingerprint density at radius 1 is 1.28 bits per heavy atom. The Morgan fingerprint density at radius 2 is 2.12 bits per heavy atom. The highest BCUT2D eigenvalue weighted by Gasteiger charge is 2.33. The first kappa shape index (κ1) is 16.0. The quantitative estimate of drug-likeness (QED) is 0.702. The van der Waals surface area contributed by atoms with Gasteiger partial charge in [0.05, 0.1) is 0 Å². The molecule has 1 aliphatic heterocycles. The number of aromatic nitrogens is 2.